The third-order valence-corrected chi connectivity index (χ3v) is 4.04. The average molecular weight is 376 g/mol. The number of amides is 2. The molecule has 0 spiro atoms. The van der Waals surface area contributed by atoms with Gasteiger partial charge in [-0.15, -0.1) is 0 Å². The monoisotopic (exact) mass is 376 g/mol. The van der Waals surface area contributed by atoms with Crippen LogP contribution in [0.25, 0.3) is 0 Å². The zero-order valence-corrected chi connectivity index (χ0v) is 15.6. The second-order valence-electron chi connectivity index (χ2n) is 5.95. The molecule has 3 aromatic rings. The van der Waals surface area contributed by atoms with Crippen LogP contribution in [0.1, 0.15) is 20.7 Å². The van der Waals surface area contributed by atoms with E-state index in [1.165, 1.54) is 0 Å². The molecule has 3 rings (SSSR count). The molecule has 0 atom stereocenters. The van der Waals surface area contributed by atoms with Gasteiger partial charge in [0.1, 0.15) is 11.5 Å². The number of nitrogens with one attached hydrogen (secondary N) is 2. The summed E-state index contributed by atoms with van der Waals surface area (Å²) in [5.41, 5.74) is 2.09. The molecule has 28 heavy (non-hydrogen) atoms. The summed E-state index contributed by atoms with van der Waals surface area (Å²) in [5, 5.41) is 5.63. The van der Waals surface area contributed by atoms with E-state index in [9.17, 15) is 9.59 Å². The highest BCUT2D eigenvalue weighted by molar-refractivity contribution is 6.06. The minimum absolute atomic E-state index is 0.268. The van der Waals surface area contributed by atoms with Gasteiger partial charge in [0, 0.05) is 22.5 Å². The van der Waals surface area contributed by atoms with Crippen LogP contribution in [0.5, 0.6) is 11.5 Å². The molecule has 0 heterocycles. The summed E-state index contributed by atoms with van der Waals surface area (Å²) in [6.45, 7) is 0. The van der Waals surface area contributed by atoms with Crippen molar-refractivity contribution in [1.29, 1.82) is 0 Å². The Morgan fingerprint density at radius 1 is 0.643 bits per heavy atom. The molecule has 0 aliphatic carbocycles. The number of hydrogen-bond donors (Lipinski definition) is 2. The van der Waals surface area contributed by atoms with Crippen LogP contribution >= 0.6 is 0 Å². The molecule has 0 saturated carbocycles. The number of carbonyl (C=O) groups excluding carboxylic acids is 2. The predicted molar refractivity (Wildman–Crippen MR) is 108 cm³/mol. The van der Waals surface area contributed by atoms with Crippen LogP contribution in [0.15, 0.2) is 72.8 Å². The molecule has 2 N–H and O–H groups in total. The number of hydrogen-bond acceptors (Lipinski definition) is 4. The second kappa shape index (κ2) is 8.73. The van der Waals surface area contributed by atoms with Crippen molar-refractivity contribution in [2.75, 3.05) is 24.9 Å². The Bertz CT molecular complexity index is 924. The van der Waals surface area contributed by atoms with E-state index < -0.39 is 0 Å². The van der Waals surface area contributed by atoms with Crippen LogP contribution in [0.3, 0.4) is 0 Å². The maximum Gasteiger partial charge on any atom is 0.255 e. The van der Waals surface area contributed by atoms with Gasteiger partial charge >= 0.3 is 0 Å². The summed E-state index contributed by atoms with van der Waals surface area (Å²) < 4.78 is 10.3. The predicted octanol–water partition coefficient (Wildman–Crippen LogP) is 4.21. The van der Waals surface area contributed by atoms with Crippen molar-refractivity contribution in [1.82, 2.24) is 0 Å². The fourth-order valence-corrected chi connectivity index (χ4v) is 2.61. The highest BCUT2D eigenvalue weighted by atomic mass is 16.5. The van der Waals surface area contributed by atoms with Gasteiger partial charge in [-0.05, 0) is 54.6 Å². The van der Waals surface area contributed by atoms with Crippen LogP contribution in [0.2, 0.25) is 0 Å². The smallest absolute Gasteiger partial charge is 0.255 e. The fraction of sp³-hybridized carbons (Fsp3) is 0.0909. The largest absolute Gasteiger partial charge is 0.497 e. The van der Waals surface area contributed by atoms with E-state index in [1.807, 2.05) is 0 Å². The van der Waals surface area contributed by atoms with E-state index >= 15 is 0 Å². The van der Waals surface area contributed by atoms with E-state index in [2.05, 4.69) is 10.6 Å². The summed E-state index contributed by atoms with van der Waals surface area (Å²) >= 11 is 0. The van der Waals surface area contributed by atoms with Gasteiger partial charge in [0.05, 0.1) is 14.2 Å². The second-order valence-corrected chi connectivity index (χ2v) is 5.95. The number of carbonyl (C=O) groups is 2. The summed E-state index contributed by atoms with van der Waals surface area (Å²) in [4.78, 5) is 24.9. The fourth-order valence-electron chi connectivity index (χ4n) is 2.61. The first-order valence-electron chi connectivity index (χ1n) is 8.60. The first kappa shape index (κ1) is 19.0. The van der Waals surface area contributed by atoms with Crippen molar-refractivity contribution in [3.63, 3.8) is 0 Å². The number of methoxy groups -OCH3 is 2. The molecule has 2 amide bonds. The molecule has 0 aliphatic rings. The minimum Gasteiger partial charge on any atom is -0.497 e. The summed E-state index contributed by atoms with van der Waals surface area (Å²) in [7, 11) is 3.09. The number of benzene rings is 3. The SMILES string of the molecule is COc1cccc(C(=O)Nc2cccc(NC(=O)c3cccc(OC)c3)c2)c1. The number of rotatable bonds is 6. The number of ether oxygens (including phenoxy) is 2. The Labute approximate surface area is 163 Å². The summed E-state index contributed by atoms with van der Waals surface area (Å²) in [5.74, 6) is 0.671. The van der Waals surface area contributed by atoms with E-state index in [0.717, 1.165) is 0 Å². The standard InChI is InChI=1S/C22H20N2O4/c1-27-19-10-3-6-15(12-19)21(25)23-17-8-5-9-18(14-17)24-22(26)16-7-4-11-20(13-16)28-2/h3-14H,1-2H3,(H,23,25)(H,24,26). The van der Waals surface area contributed by atoms with Gasteiger partial charge in [0.15, 0.2) is 0 Å². The minimum atomic E-state index is -0.268. The van der Waals surface area contributed by atoms with E-state index in [4.69, 9.17) is 9.47 Å². The van der Waals surface area contributed by atoms with Crippen LogP contribution in [0, 0.1) is 0 Å². The van der Waals surface area contributed by atoms with Crippen molar-refractivity contribution in [3.05, 3.63) is 83.9 Å². The quantitative estimate of drug-likeness (QED) is 0.676. The van der Waals surface area contributed by atoms with Gasteiger partial charge in [-0.2, -0.15) is 0 Å². The Balaban J connectivity index is 1.71. The molecule has 0 fully saturated rings. The van der Waals surface area contributed by atoms with Gasteiger partial charge in [-0.1, -0.05) is 18.2 Å². The first-order valence-corrected chi connectivity index (χ1v) is 8.60. The van der Waals surface area contributed by atoms with E-state index in [0.29, 0.717) is 34.0 Å². The molecular formula is C22H20N2O4. The third kappa shape index (κ3) is 4.67. The molecule has 6 heteroatoms. The molecule has 0 bridgehead atoms. The Hall–Kier alpha value is -3.80. The summed E-state index contributed by atoms with van der Waals surface area (Å²) in [6.07, 6.45) is 0. The van der Waals surface area contributed by atoms with Crippen molar-refractivity contribution >= 4 is 23.2 Å². The van der Waals surface area contributed by atoms with Crippen molar-refractivity contribution in [3.8, 4) is 11.5 Å². The van der Waals surface area contributed by atoms with Gasteiger partial charge in [0.25, 0.3) is 11.8 Å². The average Bonchev–Trinajstić information content (AvgIpc) is 2.74. The topological polar surface area (TPSA) is 76.7 Å². The highest BCUT2D eigenvalue weighted by Gasteiger charge is 2.10. The molecular weight excluding hydrogens is 356 g/mol. The maximum absolute atomic E-state index is 12.4. The molecule has 0 radical (unpaired) electrons. The zero-order chi connectivity index (χ0) is 19.9. The van der Waals surface area contributed by atoms with Gasteiger partial charge < -0.3 is 20.1 Å². The van der Waals surface area contributed by atoms with Crippen LogP contribution in [0.4, 0.5) is 11.4 Å². The Kier molecular flexibility index (Phi) is 5.91. The van der Waals surface area contributed by atoms with Gasteiger partial charge in [0.2, 0.25) is 0 Å². The molecule has 0 aliphatic heterocycles. The lowest BCUT2D eigenvalue weighted by Gasteiger charge is -2.10. The highest BCUT2D eigenvalue weighted by Crippen LogP contribution is 2.19. The lowest BCUT2D eigenvalue weighted by atomic mass is 10.2. The molecule has 142 valence electrons. The van der Waals surface area contributed by atoms with Gasteiger partial charge in [-0.25, -0.2) is 0 Å². The van der Waals surface area contributed by atoms with Crippen LogP contribution in [-0.4, -0.2) is 26.0 Å². The lowest BCUT2D eigenvalue weighted by Crippen LogP contribution is -2.14. The van der Waals surface area contributed by atoms with Gasteiger partial charge in [-0.3, -0.25) is 9.59 Å². The molecule has 6 nitrogen and oxygen atoms in total. The van der Waals surface area contributed by atoms with Crippen molar-refractivity contribution < 1.29 is 19.1 Å². The molecule has 0 unspecified atom stereocenters. The molecule has 3 aromatic carbocycles. The van der Waals surface area contributed by atoms with Crippen LogP contribution < -0.4 is 20.1 Å². The Morgan fingerprint density at radius 2 is 1.07 bits per heavy atom. The first-order chi connectivity index (χ1) is 13.6. The van der Waals surface area contributed by atoms with E-state index in [-0.39, 0.29) is 11.8 Å². The number of anilines is 2. The molecule has 0 saturated heterocycles. The normalized spacial score (nSPS) is 10.1. The van der Waals surface area contributed by atoms with Crippen molar-refractivity contribution in [2.24, 2.45) is 0 Å². The van der Waals surface area contributed by atoms with E-state index in [1.54, 1.807) is 87.0 Å². The zero-order valence-electron chi connectivity index (χ0n) is 15.6. The maximum atomic E-state index is 12.4. The lowest BCUT2D eigenvalue weighted by molar-refractivity contribution is 0.101. The van der Waals surface area contributed by atoms with Crippen LogP contribution in [-0.2, 0) is 0 Å². The summed E-state index contributed by atoms with van der Waals surface area (Å²) in [6, 6.07) is 20.7. The molecule has 0 aromatic heterocycles. The Morgan fingerprint density at radius 3 is 1.50 bits per heavy atom. The third-order valence-electron chi connectivity index (χ3n) is 4.04. The van der Waals surface area contributed by atoms with Crippen molar-refractivity contribution in [2.45, 2.75) is 0 Å².